The van der Waals surface area contributed by atoms with E-state index in [1.165, 1.54) is 0 Å². The highest BCUT2D eigenvalue weighted by Gasteiger charge is 2.12. The molecule has 2 aromatic carbocycles. The Morgan fingerprint density at radius 2 is 1.87 bits per heavy atom. The van der Waals surface area contributed by atoms with Crippen LogP contribution in [-0.4, -0.2) is 29.3 Å². The largest absolute Gasteiger partial charge is 0.328 e. The van der Waals surface area contributed by atoms with Gasteiger partial charge in [0.2, 0.25) is 0 Å². The summed E-state index contributed by atoms with van der Waals surface area (Å²) in [5.41, 5.74) is 5.20. The molecule has 0 aliphatic rings. The van der Waals surface area contributed by atoms with Crippen LogP contribution in [0.2, 0.25) is 0 Å². The van der Waals surface area contributed by atoms with Crippen molar-refractivity contribution in [1.29, 1.82) is 0 Å². The van der Waals surface area contributed by atoms with E-state index in [2.05, 4.69) is 58.9 Å². The highest BCUT2D eigenvalue weighted by molar-refractivity contribution is 5.72. The molecule has 0 aliphatic heterocycles. The number of hydrogen-bond donors (Lipinski definition) is 0. The Morgan fingerprint density at radius 3 is 2.58 bits per heavy atom. The fraction of sp³-hybridized carbons (Fsp3) is 0.250. The third-order valence-electron chi connectivity index (χ3n) is 5.26. The van der Waals surface area contributed by atoms with Gasteiger partial charge in [-0.25, -0.2) is 4.79 Å². The number of allylic oxidation sites excluding steroid dienone is 2. The van der Waals surface area contributed by atoms with Crippen molar-refractivity contribution in [3.05, 3.63) is 94.9 Å². The molecule has 0 atom stereocenters. The van der Waals surface area contributed by atoms with Gasteiger partial charge in [0.05, 0.1) is 12.2 Å². The summed E-state index contributed by atoms with van der Waals surface area (Å²) in [6, 6.07) is 16.3. The standard InChI is InChI=1S/C24H26N6O/c1-3-5-8-21-17-28(15-4-2)24(31)29(21)16-19-11-13-20(14-12-19)22-9-6-7-10-23(22)30-18-25-26-27-30/h3,5-7,9-14,17-18H,4,8,15-16H2,1-2H3. The lowest BCUT2D eigenvalue weighted by atomic mass is 10.0. The van der Waals surface area contributed by atoms with E-state index in [-0.39, 0.29) is 5.69 Å². The quantitative estimate of drug-likeness (QED) is 0.411. The summed E-state index contributed by atoms with van der Waals surface area (Å²) in [7, 11) is 0. The van der Waals surface area contributed by atoms with Crippen molar-refractivity contribution in [3.63, 3.8) is 0 Å². The number of para-hydroxylation sites is 1. The molecule has 0 unspecified atom stereocenters. The zero-order valence-electron chi connectivity index (χ0n) is 17.8. The van der Waals surface area contributed by atoms with Crippen molar-refractivity contribution >= 4 is 0 Å². The van der Waals surface area contributed by atoms with E-state index in [0.29, 0.717) is 6.54 Å². The van der Waals surface area contributed by atoms with Gasteiger partial charge in [0.15, 0.2) is 0 Å². The normalized spacial score (nSPS) is 11.4. The van der Waals surface area contributed by atoms with Crippen LogP contribution in [0.15, 0.2) is 78.0 Å². The predicted octanol–water partition coefficient (Wildman–Crippen LogP) is 3.87. The first-order valence-electron chi connectivity index (χ1n) is 10.5. The van der Waals surface area contributed by atoms with Gasteiger partial charge in [-0.05, 0) is 41.0 Å². The van der Waals surface area contributed by atoms with E-state index >= 15 is 0 Å². The van der Waals surface area contributed by atoms with Crippen LogP contribution in [0.25, 0.3) is 16.8 Å². The second-order valence-corrected chi connectivity index (χ2v) is 7.42. The SMILES string of the molecule is CC=CCc1cn(CCC)c(=O)n1Cc1ccc(-c2ccccc2-n2cnnn2)cc1. The molecule has 2 heterocycles. The Bertz CT molecular complexity index is 1220. The topological polar surface area (TPSA) is 70.5 Å². The van der Waals surface area contributed by atoms with Gasteiger partial charge in [0.1, 0.15) is 6.33 Å². The van der Waals surface area contributed by atoms with Gasteiger partial charge in [0.25, 0.3) is 0 Å². The first-order chi connectivity index (χ1) is 15.2. The number of aryl methyl sites for hydroxylation is 1. The molecule has 0 amide bonds. The molecule has 31 heavy (non-hydrogen) atoms. The Morgan fingerprint density at radius 1 is 1.06 bits per heavy atom. The predicted molar refractivity (Wildman–Crippen MR) is 121 cm³/mol. The maximum atomic E-state index is 12.9. The molecule has 4 rings (SSSR count). The second kappa shape index (κ2) is 9.38. The summed E-state index contributed by atoms with van der Waals surface area (Å²) in [5.74, 6) is 0. The third-order valence-corrected chi connectivity index (χ3v) is 5.26. The van der Waals surface area contributed by atoms with E-state index in [1.807, 2.05) is 46.5 Å². The highest BCUT2D eigenvalue weighted by atomic mass is 16.1. The van der Waals surface area contributed by atoms with Crippen molar-refractivity contribution < 1.29 is 0 Å². The number of nitrogens with zero attached hydrogens (tertiary/aromatic N) is 6. The van der Waals surface area contributed by atoms with Gasteiger partial charge in [-0.2, -0.15) is 4.68 Å². The average Bonchev–Trinajstić information content (AvgIpc) is 3.43. The Labute approximate surface area is 181 Å². The van der Waals surface area contributed by atoms with Crippen molar-refractivity contribution in [2.45, 2.75) is 39.8 Å². The van der Waals surface area contributed by atoms with Crippen molar-refractivity contribution in [1.82, 2.24) is 29.3 Å². The second-order valence-electron chi connectivity index (χ2n) is 7.42. The maximum absolute atomic E-state index is 12.9. The molecule has 0 bridgehead atoms. The Hall–Kier alpha value is -3.74. The molecule has 0 spiro atoms. The molecule has 0 aliphatic carbocycles. The molecule has 7 nitrogen and oxygen atoms in total. The van der Waals surface area contributed by atoms with Gasteiger partial charge in [0, 0.05) is 30.4 Å². The molecule has 0 fully saturated rings. The first-order valence-corrected chi connectivity index (χ1v) is 10.5. The molecule has 4 aromatic rings. The Kier molecular flexibility index (Phi) is 6.21. The summed E-state index contributed by atoms with van der Waals surface area (Å²) in [5, 5.41) is 11.5. The van der Waals surface area contributed by atoms with E-state index < -0.39 is 0 Å². The third kappa shape index (κ3) is 4.40. The fourth-order valence-electron chi connectivity index (χ4n) is 3.72. The lowest BCUT2D eigenvalue weighted by molar-refractivity contribution is 0.621. The van der Waals surface area contributed by atoms with Crippen LogP contribution in [0.5, 0.6) is 0 Å². The van der Waals surface area contributed by atoms with E-state index in [4.69, 9.17) is 0 Å². The number of imidazole rings is 1. The van der Waals surface area contributed by atoms with Crippen LogP contribution in [0, 0.1) is 0 Å². The number of rotatable bonds is 8. The minimum Gasteiger partial charge on any atom is -0.299 e. The van der Waals surface area contributed by atoms with E-state index in [1.54, 1.807) is 11.0 Å². The van der Waals surface area contributed by atoms with Crippen LogP contribution in [0.4, 0.5) is 0 Å². The van der Waals surface area contributed by atoms with Crippen LogP contribution >= 0.6 is 0 Å². The lowest BCUT2D eigenvalue weighted by Crippen LogP contribution is -2.25. The fourth-order valence-corrected chi connectivity index (χ4v) is 3.72. The minimum absolute atomic E-state index is 0.0504. The maximum Gasteiger partial charge on any atom is 0.328 e. The van der Waals surface area contributed by atoms with Crippen LogP contribution in [0.1, 0.15) is 31.5 Å². The molecular weight excluding hydrogens is 388 g/mol. The number of hydrogen-bond acceptors (Lipinski definition) is 4. The summed E-state index contributed by atoms with van der Waals surface area (Å²) in [6.07, 6.45) is 9.36. The Balaban J connectivity index is 1.63. The van der Waals surface area contributed by atoms with Crippen LogP contribution in [-0.2, 0) is 19.5 Å². The van der Waals surface area contributed by atoms with Gasteiger partial charge >= 0.3 is 5.69 Å². The summed E-state index contributed by atoms with van der Waals surface area (Å²) >= 11 is 0. The van der Waals surface area contributed by atoms with E-state index in [9.17, 15) is 4.79 Å². The average molecular weight is 415 g/mol. The number of tetrazole rings is 1. The molecule has 7 heteroatoms. The molecule has 0 saturated carbocycles. The van der Waals surface area contributed by atoms with Crippen molar-refractivity contribution in [2.24, 2.45) is 0 Å². The number of benzene rings is 2. The first kappa shape index (κ1) is 20.5. The molecular formula is C24H26N6O. The molecule has 0 radical (unpaired) electrons. The number of aromatic nitrogens is 6. The minimum atomic E-state index is 0.0504. The zero-order chi connectivity index (χ0) is 21.6. The van der Waals surface area contributed by atoms with Crippen molar-refractivity contribution in [2.75, 3.05) is 0 Å². The molecule has 0 saturated heterocycles. The van der Waals surface area contributed by atoms with Gasteiger partial charge in [-0.3, -0.25) is 9.13 Å². The van der Waals surface area contributed by atoms with Gasteiger partial charge < -0.3 is 0 Å². The lowest BCUT2D eigenvalue weighted by Gasteiger charge is -2.10. The monoisotopic (exact) mass is 414 g/mol. The van der Waals surface area contributed by atoms with Crippen molar-refractivity contribution in [3.8, 4) is 16.8 Å². The zero-order valence-corrected chi connectivity index (χ0v) is 17.8. The molecule has 0 N–H and O–H groups in total. The summed E-state index contributed by atoms with van der Waals surface area (Å²) in [6.45, 7) is 5.37. The van der Waals surface area contributed by atoms with E-state index in [0.717, 1.165) is 47.5 Å². The highest BCUT2D eigenvalue weighted by Crippen LogP contribution is 2.26. The van der Waals surface area contributed by atoms with Crippen LogP contribution < -0.4 is 5.69 Å². The molecule has 2 aromatic heterocycles. The summed E-state index contributed by atoms with van der Waals surface area (Å²) in [4.78, 5) is 12.9. The summed E-state index contributed by atoms with van der Waals surface area (Å²) < 4.78 is 5.35. The molecule has 158 valence electrons. The van der Waals surface area contributed by atoms with Gasteiger partial charge in [-0.15, -0.1) is 5.10 Å². The smallest absolute Gasteiger partial charge is 0.299 e. The van der Waals surface area contributed by atoms with Crippen LogP contribution in [0.3, 0.4) is 0 Å². The van der Waals surface area contributed by atoms with Gasteiger partial charge in [-0.1, -0.05) is 61.5 Å².